The molecule has 0 bridgehead atoms. The van der Waals surface area contributed by atoms with Gasteiger partial charge in [-0.15, -0.1) is 11.6 Å². The molecule has 28 heavy (non-hydrogen) atoms. The van der Waals surface area contributed by atoms with Crippen molar-refractivity contribution in [2.75, 3.05) is 19.5 Å². The zero-order chi connectivity index (χ0) is 21.3. The molecule has 0 aromatic carbocycles. The van der Waals surface area contributed by atoms with Gasteiger partial charge in [0.15, 0.2) is 27.2 Å². The number of hydrogen-bond donors (Lipinski definition) is 0. The van der Waals surface area contributed by atoms with E-state index in [1.54, 1.807) is 0 Å². The zero-order valence-electron chi connectivity index (χ0n) is 14.8. The fourth-order valence-electron chi connectivity index (χ4n) is 3.14. The van der Waals surface area contributed by atoms with Crippen molar-refractivity contribution in [1.82, 2.24) is 0 Å². The summed E-state index contributed by atoms with van der Waals surface area (Å²) in [6.45, 7) is -2.50. The quantitative estimate of drug-likeness (QED) is 0.462. The molecular formula is C17H18ClF3O6S. The number of sulfone groups is 1. The molecule has 156 valence electrons. The lowest BCUT2D eigenvalue weighted by atomic mass is 9.74. The lowest BCUT2D eigenvalue weighted by molar-refractivity contribution is -0.175. The Hall–Kier alpha value is -1.52. The van der Waals surface area contributed by atoms with E-state index in [4.69, 9.17) is 11.6 Å². The lowest BCUT2D eigenvalue weighted by Gasteiger charge is -2.35. The van der Waals surface area contributed by atoms with Crippen LogP contribution in [0.25, 0.3) is 0 Å². The summed E-state index contributed by atoms with van der Waals surface area (Å²) < 4.78 is 65.4. The average Bonchev–Trinajstić information content (AvgIpc) is 2.52. The number of ether oxygens (including phenoxy) is 1. The van der Waals surface area contributed by atoms with E-state index in [2.05, 4.69) is 4.74 Å². The minimum Gasteiger partial charge on any atom is -0.370 e. The van der Waals surface area contributed by atoms with Gasteiger partial charge in [0.2, 0.25) is 0 Å². The van der Waals surface area contributed by atoms with Crippen molar-refractivity contribution in [3.05, 3.63) is 23.1 Å². The van der Waals surface area contributed by atoms with E-state index in [1.165, 1.54) is 0 Å². The SMILES string of the molecule is CS(=O)(=O)C1=CC(Cl)(COCC(F)(F)F)C(C(=O)C2C(=O)CCCC2=O)C=C1. The molecular weight excluding hydrogens is 425 g/mol. The highest BCUT2D eigenvalue weighted by atomic mass is 35.5. The van der Waals surface area contributed by atoms with Crippen LogP contribution in [0.3, 0.4) is 0 Å². The summed E-state index contributed by atoms with van der Waals surface area (Å²) in [5.74, 6) is -4.99. The topological polar surface area (TPSA) is 94.6 Å². The maximum absolute atomic E-state index is 12.9. The molecule has 0 radical (unpaired) electrons. The summed E-state index contributed by atoms with van der Waals surface area (Å²) in [7, 11) is -3.78. The van der Waals surface area contributed by atoms with Crippen molar-refractivity contribution >= 4 is 38.8 Å². The number of carbonyl (C=O) groups is 3. The van der Waals surface area contributed by atoms with E-state index in [-0.39, 0.29) is 17.7 Å². The molecule has 2 atom stereocenters. The van der Waals surface area contributed by atoms with Crippen LogP contribution >= 0.6 is 11.6 Å². The number of hydrogen-bond acceptors (Lipinski definition) is 6. The van der Waals surface area contributed by atoms with Gasteiger partial charge in [-0.3, -0.25) is 14.4 Å². The number of ketones is 3. The maximum atomic E-state index is 12.9. The van der Waals surface area contributed by atoms with Crippen molar-refractivity contribution in [2.45, 2.75) is 30.3 Å². The van der Waals surface area contributed by atoms with Crippen LogP contribution < -0.4 is 0 Å². The third-order valence-corrected chi connectivity index (χ3v) is 6.01. The van der Waals surface area contributed by atoms with Crippen LogP contribution in [0, 0.1) is 11.8 Å². The molecule has 0 heterocycles. The number of Topliss-reactive ketones (excluding diaryl/α,β-unsaturated/α-hetero) is 3. The molecule has 2 rings (SSSR count). The fraction of sp³-hybridized carbons (Fsp3) is 0.588. The van der Waals surface area contributed by atoms with E-state index in [1.807, 2.05) is 0 Å². The molecule has 0 saturated heterocycles. The molecule has 11 heteroatoms. The second kappa shape index (κ2) is 8.08. The van der Waals surface area contributed by atoms with Crippen molar-refractivity contribution < 1.29 is 40.7 Å². The van der Waals surface area contributed by atoms with Gasteiger partial charge in [-0.1, -0.05) is 6.08 Å². The second-order valence-corrected chi connectivity index (χ2v) is 9.53. The highest BCUT2D eigenvalue weighted by molar-refractivity contribution is 7.94. The van der Waals surface area contributed by atoms with Crippen LogP contribution in [-0.4, -0.2) is 56.3 Å². The fourth-order valence-corrected chi connectivity index (χ4v) is 4.33. The third-order valence-electron chi connectivity index (χ3n) is 4.45. The van der Waals surface area contributed by atoms with Crippen LogP contribution in [0.15, 0.2) is 23.1 Å². The van der Waals surface area contributed by atoms with Crippen molar-refractivity contribution in [3.8, 4) is 0 Å². The zero-order valence-corrected chi connectivity index (χ0v) is 16.4. The van der Waals surface area contributed by atoms with Crippen LogP contribution in [-0.2, 0) is 29.0 Å². The molecule has 0 N–H and O–H groups in total. The predicted octanol–water partition coefficient (Wildman–Crippen LogP) is 2.16. The van der Waals surface area contributed by atoms with E-state index in [0.717, 1.165) is 24.5 Å². The van der Waals surface area contributed by atoms with Crippen LogP contribution in [0.2, 0.25) is 0 Å². The summed E-state index contributed by atoms with van der Waals surface area (Å²) in [6, 6.07) is 0. The Labute approximate surface area is 164 Å². The van der Waals surface area contributed by atoms with Gasteiger partial charge in [-0.05, 0) is 18.6 Å². The van der Waals surface area contributed by atoms with Gasteiger partial charge in [0.1, 0.15) is 17.4 Å². The number of allylic oxidation sites excluding steroid dienone is 2. The van der Waals surface area contributed by atoms with Crippen LogP contribution in [0.4, 0.5) is 13.2 Å². The van der Waals surface area contributed by atoms with Gasteiger partial charge in [0, 0.05) is 19.1 Å². The van der Waals surface area contributed by atoms with Crippen molar-refractivity contribution in [2.24, 2.45) is 11.8 Å². The molecule has 0 spiro atoms. The van der Waals surface area contributed by atoms with Gasteiger partial charge >= 0.3 is 6.18 Å². The highest BCUT2D eigenvalue weighted by Crippen LogP contribution is 2.39. The summed E-state index contributed by atoms with van der Waals surface area (Å²) in [6.07, 6.45) is -0.297. The first-order valence-electron chi connectivity index (χ1n) is 8.28. The molecule has 0 amide bonds. The second-order valence-electron chi connectivity index (χ2n) is 6.81. The molecule has 0 aromatic heterocycles. The first-order valence-corrected chi connectivity index (χ1v) is 10.6. The molecule has 1 saturated carbocycles. The number of halogens is 4. The van der Waals surface area contributed by atoms with Crippen molar-refractivity contribution in [1.29, 1.82) is 0 Å². The molecule has 2 unspecified atom stereocenters. The van der Waals surface area contributed by atoms with E-state index < -0.39 is 63.3 Å². The first kappa shape index (κ1) is 22.8. The largest absolute Gasteiger partial charge is 0.411 e. The van der Waals surface area contributed by atoms with Crippen molar-refractivity contribution in [3.63, 3.8) is 0 Å². The molecule has 6 nitrogen and oxygen atoms in total. The van der Waals surface area contributed by atoms with E-state index in [9.17, 15) is 36.0 Å². The van der Waals surface area contributed by atoms with Gasteiger partial charge in [-0.25, -0.2) is 8.42 Å². The Morgan fingerprint density at radius 2 is 1.86 bits per heavy atom. The molecule has 0 aromatic rings. The lowest BCUT2D eigenvalue weighted by Crippen LogP contribution is -2.47. The highest BCUT2D eigenvalue weighted by Gasteiger charge is 2.48. The standard InChI is InChI=1S/C17H18ClF3O6S/c1-28(25,26)10-5-6-11(15(24)14-12(22)3-2-4-13(14)23)16(18,7-10)8-27-9-17(19,20)21/h5-7,11,14H,2-4,8-9H2,1H3. The predicted molar refractivity (Wildman–Crippen MR) is 93.4 cm³/mol. The number of rotatable bonds is 6. The third kappa shape index (κ3) is 5.30. The van der Waals surface area contributed by atoms with Gasteiger partial charge in [-0.2, -0.15) is 13.2 Å². The van der Waals surface area contributed by atoms with E-state index >= 15 is 0 Å². The average molecular weight is 443 g/mol. The molecule has 2 aliphatic rings. The monoisotopic (exact) mass is 442 g/mol. The Morgan fingerprint density at radius 1 is 1.29 bits per heavy atom. The smallest absolute Gasteiger partial charge is 0.370 e. The minimum atomic E-state index is -4.66. The summed E-state index contributed by atoms with van der Waals surface area (Å²) >= 11 is 6.35. The van der Waals surface area contributed by atoms with Crippen LogP contribution in [0.5, 0.6) is 0 Å². The normalized spacial score (nSPS) is 27.0. The number of carbonyl (C=O) groups excluding carboxylic acids is 3. The Balaban J connectivity index is 2.36. The Morgan fingerprint density at radius 3 is 2.36 bits per heavy atom. The minimum absolute atomic E-state index is 0.0306. The molecule has 0 aliphatic heterocycles. The summed E-state index contributed by atoms with van der Waals surface area (Å²) in [5, 5.41) is 0. The number of alkyl halides is 4. The maximum Gasteiger partial charge on any atom is 0.411 e. The Kier molecular flexibility index (Phi) is 6.57. The van der Waals surface area contributed by atoms with E-state index in [0.29, 0.717) is 6.42 Å². The van der Waals surface area contributed by atoms with Gasteiger partial charge in [0.05, 0.1) is 17.4 Å². The Bertz CT molecular complexity index is 829. The summed E-state index contributed by atoms with van der Waals surface area (Å²) in [4.78, 5) is 34.7. The van der Waals surface area contributed by atoms with Gasteiger partial charge < -0.3 is 4.74 Å². The first-order chi connectivity index (χ1) is 12.7. The van der Waals surface area contributed by atoms with Gasteiger partial charge in [0.25, 0.3) is 0 Å². The molecule has 1 fully saturated rings. The summed E-state index contributed by atoms with van der Waals surface area (Å²) in [5.41, 5.74) is 0. The van der Waals surface area contributed by atoms with Crippen LogP contribution in [0.1, 0.15) is 19.3 Å². The molecule has 2 aliphatic carbocycles.